The van der Waals surface area contributed by atoms with E-state index in [0.717, 1.165) is 0 Å². The molecule has 1 aromatic rings. The summed E-state index contributed by atoms with van der Waals surface area (Å²) in [7, 11) is 0. The summed E-state index contributed by atoms with van der Waals surface area (Å²) in [6.45, 7) is 0. The molecule has 0 aliphatic carbocycles. The Bertz CT molecular complexity index is 531. The number of non-ortho nitro benzene ring substituents is 1. The molecule has 0 radical (unpaired) electrons. The van der Waals surface area contributed by atoms with E-state index in [2.05, 4.69) is 10.5 Å². The number of benzene rings is 1. The van der Waals surface area contributed by atoms with Gasteiger partial charge in [-0.15, -0.1) is 0 Å². The second kappa shape index (κ2) is 5.22. The first-order valence-electron chi connectivity index (χ1n) is 4.37. The maximum atomic E-state index is 10.5. The van der Waals surface area contributed by atoms with E-state index >= 15 is 0 Å². The van der Waals surface area contributed by atoms with E-state index in [1.165, 1.54) is 24.3 Å². The van der Waals surface area contributed by atoms with Crippen LogP contribution in [0.25, 0.3) is 0 Å². The molecule has 0 fully saturated rings. The Morgan fingerprint density at radius 3 is 2.88 bits per heavy atom. The van der Waals surface area contributed by atoms with E-state index < -0.39 is 10.8 Å². The molecule has 0 saturated heterocycles. The van der Waals surface area contributed by atoms with E-state index in [9.17, 15) is 10.1 Å². The molecule has 0 aromatic heterocycles. The van der Waals surface area contributed by atoms with Crippen molar-refractivity contribution < 1.29 is 4.92 Å². The standard InChI is InChI=1S/C9H8N6O2/c10-5-8(9(11)12)14-13-6-2-1-3-7(4-6)15(16)17/h1-4,13H,(H3,11,12)/b14-8+. The quantitative estimate of drug-likeness (QED) is 0.305. The van der Waals surface area contributed by atoms with Crippen molar-refractivity contribution in [3.63, 3.8) is 0 Å². The molecule has 0 aliphatic rings. The van der Waals surface area contributed by atoms with Crippen molar-refractivity contribution in [2.24, 2.45) is 10.8 Å². The molecule has 0 aliphatic heterocycles. The molecular formula is C9H8N6O2. The summed E-state index contributed by atoms with van der Waals surface area (Å²) in [6.07, 6.45) is 0. The lowest BCUT2D eigenvalue weighted by Crippen LogP contribution is -2.21. The van der Waals surface area contributed by atoms with Crippen LogP contribution < -0.4 is 11.2 Å². The lowest BCUT2D eigenvalue weighted by atomic mass is 10.3. The topological polar surface area (TPSA) is 141 Å². The molecule has 0 atom stereocenters. The molecule has 0 spiro atoms. The number of rotatable bonds is 4. The van der Waals surface area contributed by atoms with Gasteiger partial charge in [-0.2, -0.15) is 10.4 Å². The van der Waals surface area contributed by atoms with Crippen LogP contribution in [-0.2, 0) is 0 Å². The summed E-state index contributed by atoms with van der Waals surface area (Å²) in [6, 6.07) is 7.19. The van der Waals surface area contributed by atoms with E-state index in [1.807, 2.05) is 0 Å². The monoisotopic (exact) mass is 232 g/mol. The lowest BCUT2D eigenvalue weighted by Gasteiger charge is -2.00. The molecular weight excluding hydrogens is 224 g/mol. The Hall–Kier alpha value is -2.95. The predicted octanol–water partition coefficient (Wildman–Crippen LogP) is 0.822. The Kier molecular flexibility index (Phi) is 3.72. The molecule has 0 saturated carbocycles. The van der Waals surface area contributed by atoms with Crippen molar-refractivity contribution in [2.75, 3.05) is 5.43 Å². The van der Waals surface area contributed by atoms with Crippen molar-refractivity contribution in [3.05, 3.63) is 34.4 Å². The number of nitrogens with two attached hydrogens (primary N) is 1. The average Bonchev–Trinajstić information content (AvgIpc) is 2.29. The first kappa shape index (κ1) is 12.1. The molecule has 8 nitrogen and oxygen atoms in total. The fourth-order valence-corrected chi connectivity index (χ4v) is 0.955. The third kappa shape index (κ3) is 3.28. The van der Waals surface area contributed by atoms with Gasteiger partial charge >= 0.3 is 0 Å². The fraction of sp³-hybridized carbons (Fsp3) is 0. The predicted molar refractivity (Wildman–Crippen MR) is 61.7 cm³/mol. The lowest BCUT2D eigenvalue weighted by molar-refractivity contribution is -0.384. The highest BCUT2D eigenvalue weighted by atomic mass is 16.6. The molecule has 0 heterocycles. The van der Waals surface area contributed by atoms with Gasteiger partial charge in [0.25, 0.3) is 5.69 Å². The van der Waals surface area contributed by atoms with Crippen molar-refractivity contribution in [1.82, 2.24) is 0 Å². The zero-order chi connectivity index (χ0) is 12.8. The molecule has 4 N–H and O–H groups in total. The minimum atomic E-state index is -0.551. The van der Waals surface area contributed by atoms with E-state index in [0.29, 0.717) is 5.69 Å². The fourth-order valence-electron chi connectivity index (χ4n) is 0.955. The highest BCUT2D eigenvalue weighted by Crippen LogP contribution is 2.16. The summed E-state index contributed by atoms with van der Waals surface area (Å²) in [5.41, 5.74) is 7.41. The minimum Gasteiger partial charge on any atom is -0.382 e. The molecule has 1 aromatic carbocycles. The summed E-state index contributed by atoms with van der Waals surface area (Å²) in [4.78, 5) is 9.94. The third-order valence-electron chi connectivity index (χ3n) is 1.71. The van der Waals surface area contributed by atoms with Gasteiger partial charge in [0, 0.05) is 12.1 Å². The number of nitro benzene ring substituents is 1. The van der Waals surface area contributed by atoms with Crippen molar-refractivity contribution in [3.8, 4) is 6.07 Å². The highest BCUT2D eigenvalue weighted by molar-refractivity contribution is 6.45. The van der Waals surface area contributed by atoms with Crippen LogP contribution in [0.4, 0.5) is 11.4 Å². The normalized spacial score (nSPS) is 10.4. The molecule has 0 unspecified atom stereocenters. The Morgan fingerprint density at radius 1 is 1.65 bits per heavy atom. The second-order valence-electron chi connectivity index (χ2n) is 2.91. The third-order valence-corrected chi connectivity index (χ3v) is 1.71. The summed E-state index contributed by atoms with van der Waals surface area (Å²) in [5.74, 6) is -0.481. The molecule has 0 bridgehead atoms. The van der Waals surface area contributed by atoms with Gasteiger partial charge in [-0.25, -0.2) is 0 Å². The summed E-state index contributed by atoms with van der Waals surface area (Å²) < 4.78 is 0. The Morgan fingerprint density at radius 2 is 2.35 bits per heavy atom. The zero-order valence-electron chi connectivity index (χ0n) is 8.54. The maximum absolute atomic E-state index is 10.5. The first-order chi connectivity index (χ1) is 8.04. The number of anilines is 1. The van der Waals surface area contributed by atoms with Gasteiger partial charge < -0.3 is 5.73 Å². The molecule has 0 amide bonds. The smallest absolute Gasteiger partial charge is 0.271 e. The maximum Gasteiger partial charge on any atom is 0.271 e. The van der Waals surface area contributed by atoms with Crippen LogP contribution in [0.3, 0.4) is 0 Å². The van der Waals surface area contributed by atoms with Gasteiger partial charge in [-0.1, -0.05) is 6.07 Å². The van der Waals surface area contributed by atoms with Crippen LogP contribution in [0.1, 0.15) is 0 Å². The van der Waals surface area contributed by atoms with Crippen LogP contribution >= 0.6 is 0 Å². The number of hydrazone groups is 1. The van der Waals surface area contributed by atoms with Crippen molar-refractivity contribution in [1.29, 1.82) is 10.7 Å². The largest absolute Gasteiger partial charge is 0.382 e. The number of hydrogen-bond donors (Lipinski definition) is 3. The van der Waals surface area contributed by atoms with Crippen molar-refractivity contribution in [2.45, 2.75) is 0 Å². The van der Waals surface area contributed by atoms with Crippen LogP contribution in [0, 0.1) is 26.9 Å². The second-order valence-corrected chi connectivity index (χ2v) is 2.91. The molecule has 8 heteroatoms. The highest BCUT2D eigenvalue weighted by Gasteiger charge is 2.05. The zero-order valence-corrected chi connectivity index (χ0v) is 8.54. The summed E-state index contributed by atoms with van der Waals surface area (Å²) in [5, 5.41) is 29.6. The number of nitriles is 1. The number of nitrogens with one attached hydrogen (secondary N) is 2. The van der Waals surface area contributed by atoms with Gasteiger partial charge in [-0.3, -0.25) is 20.9 Å². The minimum absolute atomic E-state index is 0.105. The Balaban J connectivity index is 2.90. The van der Waals surface area contributed by atoms with Crippen LogP contribution in [0.2, 0.25) is 0 Å². The van der Waals surface area contributed by atoms with Gasteiger partial charge in [0.1, 0.15) is 6.07 Å². The SMILES string of the molecule is N#C/C(=N\Nc1cccc([N+](=O)[O-])c1)C(=N)N. The van der Waals surface area contributed by atoms with Crippen LogP contribution in [0.15, 0.2) is 29.4 Å². The van der Waals surface area contributed by atoms with Crippen molar-refractivity contribution >= 4 is 22.9 Å². The van der Waals surface area contributed by atoms with E-state index in [1.54, 1.807) is 6.07 Å². The molecule has 1 rings (SSSR count). The van der Waals surface area contributed by atoms with Gasteiger partial charge in [0.05, 0.1) is 10.6 Å². The molecule has 86 valence electrons. The average molecular weight is 232 g/mol. The Labute approximate surface area is 96.0 Å². The number of hydrogen-bond acceptors (Lipinski definition) is 6. The summed E-state index contributed by atoms with van der Waals surface area (Å²) >= 11 is 0. The van der Waals surface area contributed by atoms with E-state index in [-0.39, 0.29) is 11.4 Å². The van der Waals surface area contributed by atoms with Gasteiger partial charge in [0.15, 0.2) is 5.84 Å². The van der Waals surface area contributed by atoms with Gasteiger partial charge in [-0.05, 0) is 6.07 Å². The number of nitro groups is 1. The van der Waals surface area contributed by atoms with Crippen LogP contribution in [0.5, 0.6) is 0 Å². The van der Waals surface area contributed by atoms with Gasteiger partial charge in [0.2, 0.25) is 5.71 Å². The molecule has 17 heavy (non-hydrogen) atoms. The number of amidine groups is 1. The van der Waals surface area contributed by atoms with Crippen LogP contribution in [-0.4, -0.2) is 16.5 Å². The van der Waals surface area contributed by atoms with E-state index in [4.69, 9.17) is 16.4 Å². The number of nitrogens with zero attached hydrogens (tertiary/aromatic N) is 3. The first-order valence-corrected chi connectivity index (χ1v) is 4.37.